The monoisotopic (exact) mass is 267 g/mol. The van der Waals surface area contributed by atoms with E-state index in [4.69, 9.17) is 0 Å². The van der Waals surface area contributed by atoms with E-state index >= 15 is 0 Å². The van der Waals surface area contributed by atoms with Crippen molar-refractivity contribution in [1.82, 2.24) is 9.55 Å². The summed E-state index contributed by atoms with van der Waals surface area (Å²) in [7, 11) is 0. The first-order valence-electron chi connectivity index (χ1n) is 6.90. The van der Waals surface area contributed by atoms with Crippen LogP contribution in [0.5, 0.6) is 0 Å². The first kappa shape index (κ1) is 12.9. The van der Waals surface area contributed by atoms with Gasteiger partial charge in [0, 0.05) is 6.54 Å². The Morgan fingerprint density at radius 2 is 2.30 bits per heavy atom. The van der Waals surface area contributed by atoms with E-state index in [1.54, 1.807) is 12.5 Å². The molecule has 1 aromatic carbocycles. The zero-order valence-electron chi connectivity index (χ0n) is 11.5. The molecule has 0 saturated heterocycles. The molecule has 0 spiro atoms. The van der Waals surface area contributed by atoms with E-state index in [1.807, 2.05) is 35.8 Å². The zero-order valence-corrected chi connectivity index (χ0v) is 11.5. The van der Waals surface area contributed by atoms with Crippen molar-refractivity contribution >= 4 is 0 Å². The summed E-state index contributed by atoms with van der Waals surface area (Å²) in [4.78, 5) is 4.10. The topological polar surface area (TPSA) is 61.8 Å². The number of rotatable bonds is 3. The molecule has 1 aliphatic carbocycles. The minimum Gasteiger partial charge on any atom is -0.385 e. The molecule has 1 N–H and O–H groups in total. The van der Waals surface area contributed by atoms with E-state index < -0.39 is 11.5 Å². The molecule has 20 heavy (non-hydrogen) atoms. The molecule has 1 aromatic heterocycles. The highest BCUT2D eigenvalue weighted by Gasteiger charge is 2.46. The Morgan fingerprint density at radius 1 is 1.50 bits per heavy atom. The average molecular weight is 267 g/mol. The van der Waals surface area contributed by atoms with Crippen molar-refractivity contribution in [2.45, 2.75) is 37.8 Å². The fourth-order valence-electron chi connectivity index (χ4n) is 3.18. The number of aromatic nitrogens is 2. The van der Waals surface area contributed by atoms with Gasteiger partial charge in [0.15, 0.2) is 0 Å². The summed E-state index contributed by atoms with van der Waals surface area (Å²) in [5.41, 5.74) is 1.98. The second-order valence-electron chi connectivity index (χ2n) is 5.25. The summed E-state index contributed by atoms with van der Waals surface area (Å²) in [6, 6.07) is 10.3. The fraction of sp³-hybridized carbons (Fsp3) is 0.375. The van der Waals surface area contributed by atoms with Gasteiger partial charge in [0.2, 0.25) is 0 Å². The third-order valence-corrected chi connectivity index (χ3v) is 4.32. The van der Waals surface area contributed by atoms with Crippen LogP contribution >= 0.6 is 0 Å². The molecule has 4 nitrogen and oxygen atoms in total. The normalized spacial score (nSPS) is 22.2. The maximum atomic E-state index is 10.8. The van der Waals surface area contributed by atoms with E-state index in [1.165, 1.54) is 0 Å². The Kier molecular flexibility index (Phi) is 3.07. The van der Waals surface area contributed by atoms with Gasteiger partial charge < -0.3 is 9.67 Å². The number of aliphatic hydroxyl groups is 1. The number of hydrogen-bond donors (Lipinski definition) is 1. The van der Waals surface area contributed by atoms with Crippen molar-refractivity contribution in [3.63, 3.8) is 0 Å². The van der Waals surface area contributed by atoms with Gasteiger partial charge >= 0.3 is 0 Å². The molecule has 0 radical (unpaired) electrons. The Balaban J connectivity index is 2.10. The molecule has 0 aliphatic heterocycles. The minimum absolute atomic E-state index is 0.652. The lowest BCUT2D eigenvalue weighted by molar-refractivity contribution is 0.103. The van der Waals surface area contributed by atoms with Gasteiger partial charge in [-0.25, -0.2) is 4.98 Å². The number of aliphatic hydroxyl groups excluding tert-OH is 1. The number of nitrogens with zero attached hydrogens (tertiary/aromatic N) is 3. The van der Waals surface area contributed by atoms with Crippen molar-refractivity contribution in [2.24, 2.45) is 0 Å². The van der Waals surface area contributed by atoms with E-state index in [-0.39, 0.29) is 0 Å². The molecule has 4 heteroatoms. The molecule has 0 saturated carbocycles. The number of fused-ring (bicyclic) bond motifs is 1. The van der Waals surface area contributed by atoms with Crippen LogP contribution in [0.4, 0.5) is 0 Å². The fourth-order valence-corrected chi connectivity index (χ4v) is 3.18. The third-order valence-electron chi connectivity index (χ3n) is 4.32. The highest BCUT2D eigenvalue weighted by Crippen LogP contribution is 2.46. The standard InChI is InChI=1S/C16H17N3O/c1-2-19-11-18-9-14(19)15(20)16(10-17)8-7-12-5-3-4-6-13(12)16/h3-6,9,11,15,20H,2,7-8H2,1H3. The van der Waals surface area contributed by atoms with Crippen LogP contribution in [0.3, 0.4) is 0 Å². The van der Waals surface area contributed by atoms with Crippen molar-refractivity contribution in [2.75, 3.05) is 0 Å². The molecule has 0 fully saturated rings. The van der Waals surface area contributed by atoms with Crippen molar-refractivity contribution < 1.29 is 5.11 Å². The first-order chi connectivity index (χ1) is 9.73. The lowest BCUT2D eigenvalue weighted by Crippen LogP contribution is -2.31. The van der Waals surface area contributed by atoms with Gasteiger partial charge in [-0.05, 0) is 30.9 Å². The predicted octanol–water partition coefficient (Wildman–Crippen LogP) is 2.34. The molecular weight excluding hydrogens is 250 g/mol. The maximum Gasteiger partial charge on any atom is 0.118 e. The summed E-state index contributed by atoms with van der Waals surface area (Å²) in [5, 5.41) is 20.6. The SMILES string of the molecule is CCn1cncc1C(O)C1(C#N)CCc2ccccc21. The molecule has 1 heterocycles. The van der Waals surface area contributed by atoms with Crippen LogP contribution in [-0.4, -0.2) is 14.7 Å². The molecule has 102 valence electrons. The van der Waals surface area contributed by atoms with Crippen LogP contribution in [0.15, 0.2) is 36.8 Å². The van der Waals surface area contributed by atoms with Gasteiger partial charge in [0.25, 0.3) is 0 Å². The van der Waals surface area contributed by atoms with E-state index in [2.05, 4.69) is 11.1 Å². The van der Waals surface area contributed by atoms with E-state index in [0.29, 0.717) is 12.1 Å². The average Bonchev–Trinajstić information content (AvgIpc) is 3.11. The molecule has 3 rings (SSSR count). The highest BCUT2D eigenvalue weighted by molar-refractivity contribution is 5.46. The summed E-state index contributed by atoms with van der Waals surface area (Å²) < 4.78 is 1.89. The van der Waals surface area contributed by atoms with Crippen molar-refractivity contribution in [3.8, 4) is 6.07 Å². The summed E-state index contributed by atoms with van der Waals surface area (Å²) in [5.74, 6) is 0. The Hall–Kier alpha value is -2.12. The number of aryl methyl sites for hydroxylation is 2. The van der Waals surface area contributed by atoms with Gasteiger partial charge in [0.05, 0.1) is 24.3 Å². The van der Waals surface area contributed by atoms with Crippen LogP contribution in [-0.2, 0) is 18.4 Å². The number of hydrogen-bond acceptors (Lipinski definition) is 3. The van der Waals surface area contributed by atoms with Gasteiger partial charge in [0.1, 0.15) is 11.5 Å². The molecule has 0 amide bonds. The van der Waals surface area contributed by atoms with Gasteiger partial charge in [-0.3, -0.25) is 0 Å². The lowest BCUT2D eigenvalue weighted by Gasteiger charge is -2.28. The Bertz CT molecular complexity index is 670. The maximum absolute atomic E-state index is 10.8. The molecule has 1 aliphatic rings. The number of nitriles is 1. The second-order valence-corrected chi connectivity index (χ2v) is 5.25. The third kappa shape index (κ3) is 1.67. The van der Waals surface area contributed by atoms with E-state index in [9.17, 15) is 10.4 Å². The highest BCUT2D eigenvalue weighted by atomic mass is 16.3. The van der Waals surface area contributed by atoms with Crippen LogP contribution in [0.2, 0.25) is 0 Å². The molecule has 2 aromatic rings. The van der Waals surface area contributed by atoms with Gasteiger partial charge in [-0.1, -0.05) is 24.3 Å². The number of imidazole rings is 1. The van der Waals surface area contributed by atoms with Crippen LogP contribution in [0.25, 0.3) is 0 Å². The predicted molar refractivity (Wildman–Crippen MR) is 74.9 cm³/mol. The molecule has 0 bridgehead atoms. The van der Waals surface area contributed by atoms with Crippen LogP contribution < -0.4 is 0 Å². The molecule has 2 unspecified atom stereocenters. The zero-order chi connectivity index (χ0) is 14.2. The quantitative estimate of drug-likeness (QED) is 0.928. The van der Waals surface area contributed by atoms with Crippen LogP contribution in [0, 0.1) is 11.3 Å². The second kappa shape index (κ2) is 4.77. The summed E-state index contributed by atoms with van der Waals surface area (Å²) in [6.07, 6.45) is 4.00. The summed E-state index contributed by atoms with van der Waals surface area (Å²) >= 11 is 0. The molecular formula is C16H17N3O. The van der Waals surface area contributed by atoms with Gasteiger partial charge in [-0.2, -0.15) is 5.26 Å². The first-order valence-corrected chi connectivity index (χ1v) is 6.90. The largest absolute Gasteiger partial charge is 0.385 e. The summed E-state index contributed by atoms with van der Waals surface area (Å²) in [6.45, 7) is 2.73. The lowest BCUT2D eigenvalue weighted by atomic mass is 9.77. The van der Waals surface area contributed by atoms with Crippen LogP contribution in [0.1, 0.15) is 36.3 Å². The van der Waals surface area contributed by atoms with Crippen molar-refractivity contribution in [3.05, 3.63) is 53.6 Å². The smallest absolute Gasteiger partial charge is 0.118 e. The number of benzene rings is 1. The minimum atomic E-state index is -0.858. The van der Waals surface area contributed by atoms with E-state index in [0.717, 1.165) is 24.1 Å². The molecule has 2 atom stereocenters. The Labute approximate surface area is 118 Å². The van der Waals surface area contributed by atoms with Crippen molar-refractivity contribution in [1.29, 1.82) is 5.26 Å². The van der Waals surface area contributed by atoms with Gasteiger partial charge in [-0.15, -0.1) is 0 Å². The Morgan fingerprint density at radius 3 is 3.05 bits per heavy atom.